The fourth-order valence-corrected chi connectivity index (χ4v) is 1.85. The van der Waals surface area contributed by atoms with Crippen molar-refractivity contribution < 1.29 is 14.7 Å². The van der Waals surface area contributed by atoms with E-state index in [-0.39, 0.29) is 5.56 Å². The van der Waals surface area contributed by atoms with Gasteiger partial charge in [-0.2, -0.15) is 0 Å². The highest BCUT2D eigenvalue weighted by Gasteiger charge is 2.17. The number of rotatable bonds is 2. The van der Waals surface area contributed by atoms with Crippen LogP contribution in [0.25, 0.3) is 10.9 Å². The third-order valence-corrected chi connectivity index (χ3v) is 2.70. The summed E-state index contributed by atoms with van der Waals surface area (Å²) in [6.45, 7) is 1.85. The lowest BCUT2D eigenvalue weighted by Crippen LogP contribution is -2.12. The summed E-state index contributed by atoms with van der Waals surface area (Å²) in [5.41, 5.74) is 1.71. The molecule has 82 valence electrons. The van der Waals surface area contributed by atoms with Crippen LogP contribution in [0.4, 0.5) is 0 Å². The minimum Gasteiger partial charge on any atom is -0.475 e. The number of halogens is 1. The lowest BCUT2D eigenvalue weighted by Gasteiger charge is -2.00. The zero-order chi connectivity index (χ0) is 11.9. The van der Waals surface area contributed by atoms with Crippen LogP contribution >= 0.6 is 11.6 Å². The molecule has 1 heterocycles. The highest BCUT2D eigenvalue weighted by molar-refractivity contribution is 6.42. The number of Topliss-reactive ketones (excluding diaryl/α,β-unsaturated/α-hetero) is 1. The number of fused-ring (bicyclic) bond motifs is 1. The Kier molecular flexibility index (Phi) is 2.44. The number of ketones is 1. The lowest BCUT2D eigenvalue weighted by molar-refractivity contribution is -0.131. The SMILES string of the molecule is Cc1c[nH]c2c(Cl)cc(C(=O)C(=O)O)cc12. The molecule has 0 aliphatic rings. The zero-order valence-corrected chi connectivity index (χ0v) is 9.13. The first-order valence-electron chi connectivity index (χ1n) is 4.55. The summed E-state index contributed by atoms with van der Waals surface area (Å²) in [4.78, 5) is 24.8. The van der Waals surface area contributed by atoms with Gasteiger partial charge < -0.3 is 10.1 Å². The van der Waals surface area contributed by atoms with Gasteiger partial charge in [0.15, 0.2) is 0 Å². The molecule has 0 unspecified atom stereocenters. The van der Waals surface area contributed by atoms with Gasteiger partial charge in [-0.1, -0.05) is 11.6 Å². The van der Waals surface area contributed by atoms with Gasteiger partial charge in [0.05, 0.1) is 10.5 Å². The molecule has 2 aromatic rings. The van der Waals surface area contributed by atoms with Crippen LogP contribution in [0.3, 0.4) is 0 Å². The number of nitrogens with one attached hydrogen (secondary N) is 1. The molecule has 2 rings (SSSR count). The molecule has 5 heteroatoms. The van der Waals surface area contributed by atoms with E-state index in [0.717, 1.165) is 10.9 Å². The summed E-state index contributed by atoms with van der Waals surface area (Å²) in [5.74, 6) is -2.44. The summed E-state index contributed by atoms with van der Waals surface area (Å²) in [7, 11) is 0. The Balaban J connectivity index is 2.70. The Morgan fingerprint density at radius 2 is 2.06 bits per heavy atom. The van der Waals surface area contributed by atoms with E-state index in [0.29, 0.717) is 10.5 Å². The normalized spacial score (nSPS) is 10.6. The molecule has 0 atom stereocenters. The maximum Gasteiger partial charge on any atom is 0.377 e. The van der Waals surface area contributed by atoms with E-state index in [1.807, 2.05) is 6.92 Å². The van der Waals surface area contributed by atoms with Gasteiger partial charge >= 0.3 is 5.97 Å². The average molecular weight is 238 g/mol. The Hall–Kier alpha value is -1.81. The first-order chi connectivity index (χ1) is 7.50. The third kappa shape index (κ3) is 1.57. The maximum absolute atomic E-state index is 11.3. The van der Waals surface area contributed by atoms with Gasteiger partial charge in [0, 0.05) is 17.1 Å². The van der Waals surface area contributed by atoms with Gasteiger partial charge in [-0.05, 0) is 24.6 Å². The van der Waals surface area contributed by atoms with E-state index in [2.05, 4.69) is 4.98 Å². The summed E-state index contributed by atoms with van der Waals surface area (Å²) in [5, 5.41) is 9.72. The number of carbonyl (C=O) groups is 2. The van der Waals surface area contributed by atoms with Crippen molar-refractivity contribution in [3.8, 4) is 0 Å². The van der Waals surface area contributed by atoms with Crippen LogP contribution in [0.15, 0.2) is 18.3 Å². The smallest absolute Gasteiger partial charge is 0.377 e. The monoisotopic (exact) mass is 237 g/mol. The number of carboxylic acids is 1. The fourth-order valence-electron chi connectivity index (χ4n) is 1.58. The highest BCUT2D eigenvalue weighted by atomic mass is 35.5. The molecule has 0 saturated carbocycles. The summed E-state index contributed by atoms with van der Waals surface area (Å²) < 4.78 is 0. The number of aromatic amines is 1. The maximum atomic E-state index is 11.3. The number of hydrogen-bond acceptors (Lipinski definition) is 2. The number of hydrogen-bond donors (Lipinski definition) is 2. The molecule has 0 fully saturated rings. The van der Waals surface area contributed by atoms with Crippen molar-refractivity contribution in [3.05, 3.63) is 34.5 Å². The van der Waals surface area contributed by atoms with Crippen molar-refractivity contribution in [3.63, 3.8) is 0 Å². The molecule has 0 aliphatic heterocycles. The number of carboxylic acid groups (broad SMARTS) is 1. The molecule has 16 heavy (non-hydrogen) atoms. The van der Waals surface area contributed by atoms with Crippen LogP contribution in [-0.2, 0) is 4.79 Å². The summed E-state index contributed by atoms with van der Waals surface area (Å²) in [6, 6.07) is 2.89. The molecular formula is C11H8ClNO3. The number of aryl methyl sites for hydroxylation is 1. The van der Waals surface area contributed by atoms with Crippen LogP contribution in [0, 0.1) is 6.92 Å². The molecule has 0 aliphatic carbocycles. The second kappa shape index (κ2) is 3.64. The van der Waals surface area contributed by atoms with Gasteiger partial charge in [0.1, 0.15) is 0 Å². The molecule has 1 aromatic carbocycles. The van der Waals surface area contributed by atoms with Crippen molar-refractivity contribution in [1.29, 1.82) is 0 Å². The van der Waals surface area contributed by atoms with Crippen molar-refractivity contribution in [1.82, 2.24) is 4.98 Å². The van der Waals surface area contributed by atoms with Gasteiger partial charge in [0.2, 0.25) is 0 Å². The van der Waals surface area contributed by atoms with E-state index in [9.17, 15) is 9.59 Å². The largest absolute Gasteiger partial charge is 0.475 e. The number of H-pyrrole nitrogens is 1. The topological polar surface area (TPSA) is 70.2 Å². The number of aliphatic carboxylic acids is 1. The van der Waals surface area contributed by atoms with Crippen LogP contribution in [-0.4, -0.2) is 21.8 Å². The van der Waals surface area contributed by atoms with Crippen LogP contribution in [0.5, 0.6) is 0 Å². The van der Waals surface area contributed by atoms with Gasteiger partial charge in [-0.3, -0.25) is 4.79 Å². The molecule has 0 bridgehead atoms. The van der Waals surface area contributed by atoms with Crippen molar-refractivity contribution in [2.45, 2.75) is 6.92 Å². The number of aromatic nitrogens is 1. The van der Waals surface area contributed by atoms with E-state index in [1.165, 1.54) is 12.1 Å². The predicted octanol–water partition coefficient (Wildman–Crippen LogP) is 2.40. The Labute approximate surface area is 95.8 Å². The third-order valence-electron chi connectivity index (χ3n) is 2.40. The molecule has 0 spiro atoms. The standard InChI is InChI=1S/C11H8ClNO3/c1-5-4-13-9-7(5)2-6(3-8(9)12)10(14)11(15)16/h2-4,13H,1H3,(H,15,16). The summed E-state index contributed by atoms with van der Waals surface area (Å²) >= 11 is 5.95. The first-order valence-corrected chi connectivity index (χ1v) is 4.93. The van der Waals surface area contributed by atoms with Gasteiger partial charge in [-0.15, -0.1) is 0 Å². The fraction of sp³-hybridized carbons (Fsp3) is 0.0909. The van der Waals surface area contributed by atoms with Crippen molar-refractivity contribution >= 4 is 34.3 Å². The second-order valence-electron chi connectivity index (χ2n) is 3.49. The van der Waals surface area contributed by atoms with Crippen LogP contribution in [0.2, 0.25) is 5.02 Å². The molecule has 0 radical (unpaired) electrons. The minimum atomic E-state index is -1.48. The predicted molar refractivity (Wildman–Crippen MR) is 60.0 cm³/mol. The molecule has 0 saturated heterocycles. The number of carbonyl (C=O) groups excluding carboxylic acids is 1. The van der Waals surface area contributed by atoms with E-state index < -0.39 is 11.8 Å². The zero-order valence-electron chi connectivity index (χ0n) is 8.37. The second-order valence-corrected chi connectivity index (χ2v) is 3.89. The number of benzene rings is 1. The van der Waals surface area contributed by atoms with Gasteiger partial charge in [-0.25, -0.2) is 4.79 Å². The Morgan fingerprint density at radius 3 is 2.69 bits per heavy atom. The molecule has 2 N–H and O–H groups in total. The van der Waals surface area contributed by atoms with Crippen molar-refractivity contribution in [2.75, 3.05) is 0 Å². The van der Waals surface area contributed by atoms with E-state index in [4.69, 9.17) is 16.7 Å². The first kappa shape index (κ1) is 10.7. The van der Waals surface area contributed by atoms with Crippen LogP contribution < -0.4 is 0 Å². The van der Waals surface area contributed by atoms with E-state index >= 15 is 0 Å². The minimum absolute atomic E-state index is 0.0905. The quantitative estimate of drug-likeness (QED) is 0.622. The molecule has 1 aromatic heterocycles. The lowest BCUT2D eigenvalue weighted by atomic mass is 10.1. The molecule has 0 amide bonds. The van der Waals surface area contributed by atoms with Crippen molar-refractivity contribution in [2.24, 2.45) is 0 Å². The molecule has 4 nitrogen and oxygen atoms in total. The highest BCUT2D eigenvalue weighted by Crippen LogP contribution is 2.27. The summed E-state index contributed by atoms with van der Waals surface area (Å²) in [6.07, 6.45) is 1.76. The molecular weight excluding hydrogens is 230 g/mol. The average Bonchev–Trinajstić information content (AvgIpc) is 2.60. The van der Waals surface area contributed by atoms with Gasteiger partial charge in [0.25, 0.3) is 5.78 Å². The Morgan fingerprint density at radius 1 is 1.38 bits per heavy atom. The Bertz CT molecular complexity index is 601. The van der Waals surface area contributed by atoms with E-state index in [1.54, 1.807) is 6.20 Å². The van der Waals surface area contributed by atoms with Crippen LogP contribution in [0.1, 0.15) is 15.9 Å².